The molecule has 6 heteroatoms. The molecule has 0 unspecified atom stereocenters. The van der Waals surface area contributed by atoms with Crippen LogP contribution >= 0.6 is 11.6 Å². The van der Waals surface area contributed by atoms with Crippen LogP contribution in [0.15, 0.2) is 36.5 Å². The maximum atomic E-state index is 12.3. The molecule has 2 aromatic rings. The Morgan fingerprint density at radius 1 is 1.06 bits per heavy atom. The third-order valence-corrected chi connectivity index (χ3v) is 2.32. The summed E-state index contributed by atoms with van der Waals surface area (Å²) >= 11 is 5.78. The second-order valence-corrected chi connectivity index (χ2v) is 3.50. The van der Waals surface area contributed by atoms with Gasteiger partial charge < -0.3 is 0 Å². The Morgan fingerprint density at radius 2 is 1.69 bits per heavy atom. The molecular weight excluding hydrogens is 241 g/mol. The van der Waals surface area contributed by atoms with Crippen LogP contribution in [0.25, 0.3) is 5.69 Å². The Balaban J connectivity index is 2.37. The molecule has 1 aromatic carbocycles. The van der Waals surface area contributed by atoms with Crippen LogP contribution in [0.5, 0.6) is 0 Å². The number of halogens is 4. The first kappa shape index (κ1) is 11.0. The Morgan fingerprint density at radius 3 is 2.12 bits per heavy atom. The minimum absolute atomic E-state index is 0.347. The summed E-state index contributed by atoms with van der Waals surface area (Å²) in [7, 11) is 0. The fraction of sp³-hybridized carbons (Fsp3) is 0.100. The summed E-state index contributed by atoms with van der Waals surface area (Å²) in [5.41, 5.74) is -0.206. The zero-order valence-electron chi connectivity index (χ0n) is 7.87. The van der Waals surface area contributed by atoms with E-state index in [1.165, 1.54) is 23.0 Å². The fourth-order valence-corrected chi connectivity index (χ4v) is 1.47. The molecule has 84 valence electrons. The highest BCUT2D eigenvalue weighted by atomic mass is 35.5. The smallest absolute Gasteiger partial charge is 0.222 e. The third-order valence-electron chi connectivity index (χ3n) is 2.04. The molecule has 0 atom stereocenters. The second kappa shape index (κ2) is 3.83. The van der Waals surface area contributed by atoms with Crippen LogP contribution in [0.2, 0.25) is 5.15 Å². The Labute approximate surface area is 94.3 Å². The van der Waals surface area contributed by atoms with Crippen molar-refractivity contribution in [3.8, 4) is 5.69 Å². The van der Waals surface area contributed by atoms with E-state index in [2.05, 4.69) is 5.10 Å². The predicted molar refractivity (Wildman–Crippen MR) is 53.6 cm³/mol. The van der Waals surface area contributed by atoms with Gasteiger partial charge in [-0.05, 0) is 30.3 Å². The molecular formula is C10H6ClF3N2. The van der Waals surface area contributed by atoms with Crippen LogP contribution < -0.4 is 0 Å². The molecule has 1 aromatic heterocycles. The first-order valence-electron chi connectivity index (χ1n) is 4.35. The number of hydrogen-bond donors (Lipinski definition) is 0. The molecule has 2 rings (SSSR count). The largest absolute Gasteiger partial charge is 0.416 e. The van der Waals surface area contributed by atoms with Crippen LogP contribution in [0.1, 0.15) is 5.56 Å². The quantitative estimate of drug-likeness (QED) is 0.752. The lowest BCUT2D eigenvalue weighted by Gasteiger charge is -2.08. The molecule has 0 spiro atoms. The zero-order valence-corrected chi connectivity index (χ0v) is 8.63. The molecule has 0 aliphatic heterocycles. The van der Waals surface area contributed by atoms with Crippen molar-refractivity contribution in [1.82, 2.24) is 9.78 Å². The van der Waals surface area contributed by atoms with Gasteiger partial charge in [0.1, 0.15) is 5.15 Å². The first-order valence-corrected chi connectivity index (χ1v) is 4.73. The summed E-state index contributed by atoms with van der Waals surface area (Å²) in [5.74, 6) is 0. The highest BCUT2D eigenvalue weighted by Crippen LogP contribution is 2.29. The SMILES string of the molecule is FC(F)(F)c1ccc(-n2nccc2Cl)cc1. The van der Waals surface area contributed by atoms with Gasteiger partial charge in [0.25, 0.3) is 0 Å². The van der Waals surface area contributed by atoms with Crippen molar-refractivity contribution >= 4 is 11.6 Å². The standard InChI is InChI=1S/C10H6ClF3N2/c11-9-5-6-15-16(9)8-3-1-7(2-4-8)10(12,13)14/h1-6H. The minimum Gasteiger partial charge on any atom is -0.222 e. The van der Waals surface area contributed by atoms with Crippen LogP contribution in [-0.4, -0.2) is 9.78 Å². The molecule has 0 amide bonds. The number of hydrogen-bond acceptors (Lipinski definition) is 1. The molecule has 0 fully saturated rings. The molecule has 0 aliphatic rings. The van der Waals surface area contributed by atoms with Crippen molar-refractivity contribution in [3.05, 3.63) is 47.2 Å². The first-order chi connectivity index (χ1) is 7.48. The Kier molecular flexibility index (Phi) is 2.63. The van der Waals surface area contributed by atoms with E-state index in [9.17, 15) is 13.2 Å². The summed E-state index contributed by atoms with van der Waals surface area (Å²) in [6, 6.07) is 6.18. The molecule has 1 heterocycles. The van der Waals surface area contributed by atoms with Gasteiger partial charge in [0.15, 0.2) is 0 Å². The molecule has 0 bridgehead atoms. The molecule has 0 saturated heterocycles. The van der Waals surface area contributed by atoms with Gasteiger partial charge in [-0.15, -0.1) is 0 Å². The van der Waals surface area contributed by atoms with E-state index < -0.39 is 11.7 Å². The third kappa shape index (κ3) is 2.04. The number of rotatable bonds is 1. The monoisotopic (exact) mass is 246 g/mol. The molecule has 0 aliphatic carbocycles. The van der Waals surface area contributed by atoms with E-state index in [-0.39, 0.29) is 0 Å². The summed E-state index contributed by atoms with van der Waals surface area (Å²) < 4.78 is 38.2. The van der Waals surface area contributed by atoms with Crippen molar-refractivity contribution in [2.24, 2.45) is 0 Å². The number of nitrogens with zero attached hydrogens (tertiary/aromatic N) is 2. The number of alkyl halides is 3. The number of benzene rings is 1. The van der Waals surface area contributed by atoms with Gasteiger partial charge in [-0.2, -0.15) is 18.3 Å². The average Bonchev–Trinajstić information content (AvgIpc) is 2.63. The van der Waals surface area contributed by atoms with Crippen molar-refractivity contribution in [2.45, 2.75) is 6.18 Å². The van der Waals surface area contributed by atoms with Crippen molar-refractivity contribution in [2.75, 3.05) is 0 Å². The van der Waals surface area contributed by atoms with Crippen molar-refractivity contribution in [3.63, 3.8) is 0 Å². The van der Waals surface area contributed by atoms with Crippen LogP contribution in [0.4, 0.5) is 13.2 Å². The zero-order chi connectivity index (χ0) is 11.8. The van der Waals surface area contributed by atoms with Gasteiger partial charge in [0.2, 0.25) is 0 Å². The summed E-state index contributed by atoms with van der Waals surface area (Å²) in [5, 5.41) is 4.23. The lowest BCUT2D eigenvalue weighted by atomic mass is 10.2. The molecule has 16 heavy (non-hydrogen) atoms. The lowest BCUT2D eigenvalue weighted by molar-refractivity contribution is -0.137. The van der Waals surface area contributed by atoms with Gasteiger partial charge >= 0.3 is 6.18 Å². The fourth-order valence-electron chi connectivity index (χ4n) is 1.27. The Hall–Kier alpha value is -1.49. The number of aromatic nitrogens is 2. The van der Waals surface area contributed by atoms with Crippen molar-refractivity contribution < 1.29 is 13.2 Å². The van der Waals surface area contributed by atoms with E-state index in [1.54, 1.807) is 6.07 Å². The molecule has 0 N–H and O–H groups in total. The lowest BCUT2D eigenvalue weighted by Crippen LogP contribution is -2.05. The highest BCUT2D eigenvalue weighted by molar-refractivity contribution is 6.29. The average molecular weight is 247 g/mol. The minimum atomic E-state index is -4.33. The molecule has 0 radical (unpaired) electrons. The van der Waals surface area contributed by atoms with Crippen LogP contribution in [-0.2, 0) is 6.18 Å². The molecule has 2 nitrogen and oxygen atoms in total. The summed E-state index contributed by atoms with van der Waals surface area (Å²) in [6.45, 7) is 0. The highest BCUT2D eigenvalue weighted by Gasteiger charge is 2.30. The topological polar surface area (TPSA) is 17.8 Å². The summed E-state index contributed by atoms with van der Waals surface area (Å²) in [6.07, 6.45) is -2.85. The van der Waals surface area contributed by atoms with Gasteiger partial charge in [0.05, 0.1) is 17.4 Å². The predicted octanol–water partition coefficient (Wildman–Crippen LogP) is 3.54. The maximum absolute atomic E-state index is 12.3. The van der Waals surface area contributed by atoms with E-state index in [4.69, 9.17) is 11.6 Å². The van der Waals surface area contributed by atoms with E-state index in [0.717, 1.165) is 12.1 Å². The van der Waals surface area contributed by atoms with Gasteiger partial charge in [-0.1, -0.05) is 11.6 Å². The normalized spacial score (nSPS) is 11.8. The van der Waals surface area contributed by atoms with E-state index >= 15 is 0 Å². The van der Waals surface area contributed by atoms with Crippen molar-refractivity contribution in [1.29, 1.82) is 0 Å². The second-order valence-electron chi connectivity index (χ2n) is 3.11. The summed E-state index contributed by atoms with van der Waals surface area (Å²) in [4.78, 5) is 0. The van der Waals surface area contributed by atoms with Gasteiger partial charge in [-0.3, -0.25) is 0 Å². The van der Waals surface area contributed by atoms with Crippen LogP contribution in [0, 0.1) is 0 Å². The molecule has 0 saturated carbocycles. The van der Waals surface area contributed by atoms with E-state index in [1.807, 2.05) is 0 Å². The van der Waals surface area contributed by atoms with Crippen LogP contribution in [0.3, 0.4) is 0 Å². The van der Waals surface area contributed by atoms with Gasteiger partial charge in [-0.25, -0.2) is 4.68 Å². The Bertz CT molecular complexity index is 488. The van der Waals surface area contributed by atoms with E-state index in [0.29, 0.717) is 10.8 Å². The maximum Gasteiger partial charge on any atom is 0.416 e. The van der Waals surface area contributed by atoms with Gasteiger partial charge in [0, 0.05) is 0 Å².